The van der Waals surface area contributed by atoms with Gasteiger partial charge in [0, 0.05) is 12.0 Å². The van der Waals surface area contributed by atoms with Gasteiger partial charge in [0.1, 0.15) is 17.5 Å². The minimum atomic E-state index is 0.0786. The molecule has 27 heavy (non-hydrogen) atoms. The highest BCUT2D eigenvalue weighted by molar-refractivity contribution is 6.04. The fraction of sp³-hybridized carbons (Fsp3) is 0.318. The van der Waals surface area contributed by atoms with Crippen molar-refractivity contribution in [1.29, 1.82) is 5.26 Å². The molecule has 2 aromatic heterocycles. The van der Waals surface area contributed by atoms with Crippen LogP contribution >= 0.6 is 0 Å². The van der Waals surface area contributed by atoms with Crippen molar-refractivity contribution in [2.45, 2.75) is 46.5 Å². The van der Waals surface area contributed by atoms with Crippen LogP contribution in [-0.4, -0.2) is 15.4 Å². The largest absolute Gasteiger partial charge is 0.383 e. The molecule has 0 aliphatic carbocycles. The van der Waals surface area contributed by atoms with E-state index in [1.165, 1.54) is 0 Å². The molecular formula is C22H24N4O. The molecule has 0 saturated carbocycles. The summed E-state index contributed by atoms with van der Waals surface area (Å²) in [5, 5.41) is 14.3. The van der Waals surface area contributed by atoms with E-state index in [-0.39, 0.29) is 11.6 Å². The fourth-order valence-electron chi connectivity index (χ4n) is 3.39. The van der Waals surface area contributed by atoms with E-state index in [4.69, 9.17) is 5.73 Å². The standard InChI is InChI=1S/C22H24N4O/c1-4-6-18-21(20(27)7-5-2)19-12-16(15-10-8-14(3)9-11-15)17(13-23)22(24)26(19)25-18/h8-12H,4-7,24H2,1-3H3. The second kappa shape index (κ2) is 7.63. The number of fused-ring (bicyclic) bond motifs is 1. The average Bonchev–Trinajstić information content (AvgIpc) is 3.01. The predicted octanol–water partition coefficient (Wildman–Crippen LogP) is 4.70. The van der Waals surface area contributed by atoms with Crippen LogP contribution in [0, 0.1) is 18.3 Å². The number of nitrogens with two attached hydrogens (primary N) is 1. The monoisotopic (exact) mass is 360 g/mol. The number of carbonyl (C=O) groups excluding carboxylic acids is 1. The first-order chi connectivity index (χ1) is 13.0. The maximum absolute atomic E-state index is 12.8. The number of anilines is 1. The van der Waals surface area contributed by atoms with Gasteiger partial charge in [-0.1, -0.05) is 50.1 Å². The van der Waals surface area contributed by atoms with Crippen LogP contribution in [0.4, 0.5) is 5.82 Å². The molecule has 0 fully saturated rings. The van der Waals surface area contributed by atoms with Crippen LogP contribution in [0.5, 0.6) is 0 Å². The first-order valence-electron chi connectivity index (χ1n) is 9.36. The summed E-state index contributed by atoms with van der Waals surface area (Å²) in [5.74, 6) is 0.355. The van der Waals surface area contributed by atoms with E-state index in [1.807, 2.05) is 44.2 Å². The summed E-state index contributed by atoms with van der Waals surface area (Å²) in [6.07, 6.45) is 2.83. The number of aromatic nitrogens is 2. The van der Waals surface area contributed by atoms with Crippen molar-refractivity contribution in [2.75, 3.05) is 5.73 Å². The highest BCUT2D eigenvalue weighted by Crippen LogP contribution is 2.32. The zero-order valence-corrected chi connectivity index (χ0v) is 16.0. The first kappa shape index (κ1) is 18.7. The maximum Gasteiger partial charge on any atom is 0.166 e. The molecular weight excluding hydrogens is 336 g/mol. The van der Waals surface area contributed by atoms with Gasteiger partial charge in [0.05, 0.1) is 16.8 Å². The normalized spacial score (nSPS) is 10.9. The third-order valence-electron chi connectivity index (χ3n) is 4.75. The lowest BCUT2D eigenvalue weighted by molar-refractivity contribution is 0.0982. The highest BCUT2D eigenvalue weighted by atomic mass is 16.1. The Kier molecular flexibility index (Phi) is 5.27. The van der Waals surface area contributed by atoms with Crippen molar-refractivity contribution in [1.82, 2.24) is 9.61 Å². The number of ketones is 1. The molecule has 0 aliphatic rings. The number of aryl methyl sites for hydroxylation is 2. The van der Waals surface area contributed by atoms with Crippen LogP contribution in [0.1, 0.15) is 60.3 Å². The summed E-state index contributed by atoms with van der Waals surface area (Å²) in [5.41, 5.74) is 11.6. The molecule has 0 bridgehead atoms. The molecule has 2 heterocycles. The van der Waals surface area contributed by atoms with Crippen LogP contribution < -0.4 is 5.73 Å². The minimum absolute atomic E-state index is 0.0786. The average molecular weight is 360 g/mol. The molecule has 2 N–H and O–H groups in total. The van der Waals surface area contributed by atoms with Gasteiger partial charge in [0.15, 0.2) is 5.78 Å². The molecule has 0 atom stereocenters. The van der Waals surface area contributed by atoms with E-state index in [0.29, 0.717) is 29.5 Å². The highest BCUT2D eigenvalue weighted by Gasteiger charge is 2.23. The van der Waals surface area contributed by atoms with Gasteiger partial charge < -0.3 is 5.73 Å². The first-order valence-corrected chi connectivity index (χ1v) is 9.36. The van der Waals surface area contributed by atoms with Crippen molar-refractivity contribution in [3.05, 3.63) is 52.7 Å². The van der Waals surface area contributed by atoms with Gasteiger partial charge in [0.2, 0.25) is 0 Å². The van der Waals surface area contributed by atoms with Gasteiger partial charge in [-0.2, -0.15) is 10.4 Å². The Balaban J connectivity index is 2.35. The molecule has 0 saturated heterocycles. The topological polar surface area (TPSA) is 84.2 Å². The van der Waals surface area contributed by atoms with Gasteiger partial charge in [-0.05, 0) is 31.4 Å². The SMILES string of the molecule is CCCC(=O)c1c(CCC)nn2c(N)c(C#N)c(-c3ccc(C)cc3)cc12. The second-order valence-electron chi connectivity index (χ2n) is 6.84. The Morgan fingerprint density at radius 3 is 2.52 bits per heavy atom. The Morgan fingerprint density at radius 2 is 1.93 bits per heavy atom. The maximum atomic E-state index is 12.8. The van der Waals surface area contributed by atoms with Crippen molar-refractivity contribution in [2.24, 2.45) is 0 Å². The third-order valence-corrected chi connectivity index (χ3v) is 4.75. The van der Waals surface area contributed by atoms with E-state index in [2.05, 4.69) is 18.1 Å². The quantitative estimate of drug-likeness (QED) is 0.646. The van der Waals surface area contributed by atoms with E-state index in [1.54, 1.807) is 4.52 Å². The molecule has 3 rings (SSSR count). The molecule has 0 radical (unpaired) electrons. The number of hydrogen-bond donors (Lipinski definition) is 1. The molecule has 0 amide bonds. The number of carbonyl (C=O) groups is 1. The number of nitriles is 1. The van der Waals surface area contributed by atoms with Crippen LogP contribution in [0.3, 0.4) is 0 Å². The molecule has 0 spiro atoms. The molecule has 3 aromatic rings. The summed E-state index contributed by atoms with van der Waals surface area (Å²) < 4.78 is 1.56. The van der Waals surface area contributed by atoms with Gasteiger partial charge in [-0.15, -0.1) is 0 Å². The molecule has 1 aromatic carbocycles. The fourth-order valence-corrected chi connectivity index (χ4v) is 3.39. The number of nitrogens with zero attached hydrogens (tertiary/aromatic N) is 3. The molecule has 5 nitrogen and oxygen atoms in total. The number of hydrogen-bond acceptors (Lipinski definition) is 4. The number of Topliss-reactive ketones (excluding diaryl/α,β-unsaturated/α-hetero) is 1. The smallest absolute Gasteiger partial charge is 0.166 e. The molecule has 5 heteroatoms. The Labute approximate surface area is 159 Å². The van der Waals surface area contributed by atoms with Crippen molar-refractivity contribution in [3.8, 4) is 17.2 Å². The Morgan fingerprint density at radius 1 is 1.22 bits per heavy atom. The van der Waals surface area contributed by atoms with E-state index in [0.717, 1.165) is 35.2 Å². The predicted molar refractivity (Wildman–Crippen MR) is 108 cm³/mol. The number of benzene rings is 1. The summed E-state index contributed by atoms with van der Waals surface area (Å²) in [4.78, 5) is 12.8. The number of rotatable bonds is 6. The number of nitrogen functional groups attached to an aromatic ring is 1. The van der Waals surface area contributed by atoms with Crippen LogP contribution in [0.2, 0.25) is 0 Å². The lowest BCUT2D eigenvalue weighted by Gasteiger charge is -2.10. The molecule has 138 valence electrons. The summed E-state index contributed by atoms with van der Waals surface area (Å²) in [7, 11) is 0. The van der Waals surface area contributed by atoms with Crippen LogP contribution in [0.15, 0.2) is 30.3 Å². The summed E-state index contributed by atoms with van der Waals surface area (Å²) in [6, 6.07) is 12.0. The second-order valence-corrected chi connectivity index (χ2v) is 6.84. The zero-order chi connectivity index (χ0) is 19.6. The van der Waals surface area contributed by atoms with Crippen LogP contribution in [0.25, 0.3) is 16.6 Å². The van der Waals surface area contributed by atoms with E-state index >= 15 is 0 Å². The van der Waals surface area contributed by atoms with Crippen molar-refractivity contribution in [3.63, 3.8) is 0 Å². The third kappa shape index (κ3) is 3.31. The zero-order valence-electron chi connectivity index (χ0n) is 16.0. The van der Waals surface area contributed by atoms with Gasteiger partial charge >= 0.3 is 0 Å². The van der Waals surface area contributed by atoms with Gasteiger partial charge in [0.25, 0.3) is 0 Å². The van der Waals surface area contributed by atoms with Gasteiger partial charge in [-0.25, -0.2) is 4.52 Å². The summed E-state index contributed by atoms with van der Waals surface area (Å²) >= 11 is 0. The van der Waals surface area contributed by atoms with E-state index in [9.17, 15) is 10.1 Å². The van der Waals surface area contributed by atoms with Gasteiger partial charge in [-0.3, -0.25) is 4.79 Å². The lowest BCUT2D eigenvalue weighted by atomic mass is 9.97. The van der Waals surface area contributed by atoms with Crippen LogP contribution in [-0.2, 0) is 6.42 Å². The Bertz CT molecular complexity index is 1040. The van der Waals surface area contributed by atoms with Crippen molar-refractivity contribution < 1.29 is 4.79 Å². The Hall–Kier alpha value is -3.13. The number of pyridine rings is 1. The molecule has 0 aliphatic heterocycles. The lowest BCUT2D eigenvalue weighted by Crippen LogP contribution is -2.05. The van der Waals surface area contributed by atoms with Crippen molar-refractivity contribution >= 4 is 17.1 Å². The minimum Gasteiger partial charge on any atom is -0.383 e. The summed E-state index contributed by atoms with van der Waals surface area (Å²) in [6.45, 7) is 6.06. The van der Waals surface area contributed by atoms with E-state index < -0.39 is 0 Å². The molecule has 0 unspecified atom stereocenters.